The van der Waals surface area contributed by atoms with E-state index >= 15 is 0 Å². The number of rotatable bonds is 8. The minimum absolute atomic E-state index is 0.247. The summed E-state index contributed by atoms with van der Waals surface area (Å²) in [4.78, 5) is 16.2. The second kappa shape index (κ2) is 7.28. The largest absolute Gasteiger partial charge is 0.379 e. The summed E-state index contributed by atoms with van der Waals surface area (Å²) in [6.45, 7) is 2.23. The summed E-state index contributed by atoms with van der Waals surface area (Å²) < 4.78 is 5.53. The maximum Gasteiger partial charge on any atom is 0.259 e. The molecule has 0 atom stereocenters. The van der Waals surface area contributed by atoms with Crippen LogP contribution in [0.4, 0.5) is 10.9 Å². The summed E-state index contributed by atoms with van der Waals surface area (Å²) in [6, 6.07) is 3.49. The van der Waals surface area contributed by atoms with E-state index in [2.05, 4.69) is 25.8 Å². The van der Waals surface area contributed by atoms with Crippen LogP contribution in [0.25, 0.3) is 0 Å². The van der Waals surface area contributed by atoms with Gasteiger partial charge in [0.15, 0.2) is 0 Å². The highest BCUT2D eigenvalue weighted by Gasteiger charge is 2.20. The fourth-order valence-corrected chi connectivity index (χ4v) is 2.26. The lowest BCUT2D eigenvalue weighted by molar-refractivity contribution is 0.102. The Labute approximate surface area is 132 Å². The first-order valence-corrected chi connectivity index (χ1v) is 8.04. The minimum Gasteiger partial charge on any atom is -0.379 e. The number of ether oxygens (including phenoxy) is 1. The van der Waals surface area contributed by atoms with Gasteiger partial charge in [-0.3, -0.25) is 10.1 Å². The van der Waals surface area contributed by atoms with Crippen molar-refractivity contribution >= 4 is 28.2 Å². The van der Waals surface area contributed by atoms with Crippen molar-refractivity contribution < 1.29 is 9.53 Å². The van der Waals surface area contributed by atoms with Gasteiger partial charge in [-0.25, -0.2) is 4.98 Å². The van der Waals surface area contributed by atoms with Crippen molar-refractivity contribution in [2.45, 2.75) is 12.8 Å². The van der Waals surface area contributed by atoms with Crippen LogP contribution >= 0.6 is 11.3 Å². The van der Waals surface area contributed by atoms with Crippen molar-refractivity contribution in [1.29, 1.82) is 0 Å². The van der Waals surface area contributed by atoms with E-state index in [-0.39, 0.29) is 5.91 Å². The number of nitrogens with zero attached hydrogens (tertiary/aromatic N) is 3. The molecular formula is C14H17N5O2S. The third-order valence-corrected chi connectivity index (χ3v) is 3.82. The fourth-order valence-electron chi connectivity index (χ4n) is 1.82. The lowest BCUT2D eigenvalue weighted by Crippen LogP contribution is -2.14. The zero-order valence-corrected chi connectivity index (χ0v) is 12.8. The molecule has 0 radical (unpaired) electrons. The first-order chi connectivity index (χ1) is 10.8. The van der Waals surface area contributed by atoms with Crippen LogP contribution in [0, 0.1) is 5.92 Å². The maximum absolute atomic E-state index is 11.9. The van der Waals surface area contributed by atoms with E-state index in [4.69, 9.17) is 4.74 Å². The Morgan fingerprint density at radius 3 is 3.00 bits per heavy atom. The van der Waals surface area contributed by atoms with E-state index in [1.54, 1.807) is 17.6 Å². The predicted molar refractivity (Wildman–Crippen MR) is 84.1 cm³/mol. The van der Waals surface area contributed by atoms with Crippen molar-refractivity contribution in [2.75, 3.05) is 30.4 Å². The highest BCUT2D eigenvalue weighted by molar-refractivity contribution is 7.13. The van der Waals surface area contributed by atoms with E-state index in [0.29, 0.717) is 23.8 Å². The van der Waals surface area contributed by atoms with E-state index in [1.165, 1.54) is 30.4 Å². The number of anilines is 2. The quantitative estimate of drug-likeness (QED) is 0.724. The number of amides is 1. The molecule has 0 saturated heterocycles. The molecule has 3 rings (SSSR count). The van der Waals surface area contributed by atoms with E-state index < -0.39 is 0 Å². The number of pyridine rings is 1. The Balaban J connectivity index is 1.41. The van der Waals surface area contributed by atoms with Gasteiger partial charge in [0.05, 0.1) is 12.2 Å². The molecule has 2 aromatic rings. The number of hydrogen-bond donors (Lipinski definition) is 2. The van der Waals surface area contributed by atoms with Crippen LogP contribution < -0.4 is 10.6 Å². The molecule has 0 aliphatic heterocycles. The molecule has 2 heterocycles. The molecular weight excluding hydrogens is 302 g/mol. The molecule has 1 fully saturated rings. The van der Waals surface area contributed by atoms with Crippen molar-refractivity contribution in [3.05, 3.63) is 29.4 Å². The van der Waals surface area contributed by atoms with Gasteiger partial charge in [0.1, 0.15) is 11.3 Å². The molecule has 8 heteroatoms. The monoisotopic (exact) mass is 319 g/mol. The lowest BCUT2D eigenvalue weighted by Gasteiger charge is -2.07. The van der Waals surface area contributed by atoms with E-state index in [0.717, 1.165) is 18.3 Å². The lowest BCUT2D eigenvalue weighted by atomic mass is 10.2. The topological polar surface area (TPSA) is 89.0 Å². The van der Waals surface area contributed by atoms with Gasteiger partial charge in [-0.1, -0.05) is 11.3 Å². The summed E-state index contributed by atoms with van der Waals surface area (Å²) in [5, 5.41) is 13.7. The van der Waals surface area contributed by atoms with Gasteiger partial charge in [0.25, 0.3) is 5.91 Å². The number of carbonyl (C=O) groups is 1. The maximum atomic E-state index is 11.9. The molecule has 0 bridgehead atoms. The average Bonchev–Trinajstić information content (AvgIpc) is 3.22. The molecule has 2 aromatic heterocycles. The summed E-state index contributed by atoms with van der Waals surface area (Å²) >= 11 is 1.27. The van der Waals surface area contributed by atoms with E-state index in [1.807, 2.05) is 0 Å². The number of aromatic nitrogens is 3. The van der Waals surface area contributed by atoms with Crippen molar-refractivity contribution in [3.63, 3.8) is 0 Å². The Morgan fingerprint density at radius 2 is 2.32 bits per heavy atom. The van der Waals surface area contributed by atoms with Crippen molar-refractivity contribution in [1.82, 2.24) is 15.2 Å². The van der Waals surface area contributed by atoms with Gasteiger partial charge in [-0.15, -0.1) is 10.2 Å². The first-order valence-electron chi connectivity index (χ1n) is 7.16. The van der Waals surface area contributed by atoms with E-state index in [9.17, 15) is 4.79 Å². The van der Waals surface area contributed by atoms with Gasteiger partial charge in [-0.2, -0.15) is 0 Å². The van der Waals surface area contributed by atoms with Gasteiger partial charge in [0.2, 0.25) is 5.13 Å². The van der Waals surface area contributed by atoms with Crippen LogP contribution in [0.2, 0.25) is 0 Å². The average molecular weight is 319 g/mol. The standard InChI is InChI=1S/C14H17N5O2S/c20-13(18-14-19-17-9-22-14)11-3-4-12(16-7-11)15-5-6-21-8-10-1-2-10/h3-4,7,9-10H,1-2,5-6,8H2,(H,15,16)(H,18,19,20). The second-order valence-electron chi connectivity index (χ2n) is 5.08. The Bertz CT molecular complexity index is 598. The highest BCUT2D eigenvalue weighted by atomic mass is 32.1. The molecule has 1 aliphatic carbocycles. The van der Waals surface area contributed by atoms with Crippen LogP contribution in [0.1, 0.15) is 23.2 Å². The SMILES string of the molecule is O=C(Nc1nncs1)c1ccc(NCCOCC2CC2)nc1. The Kier molecular flexibility index (Phi) is 4.92. The molecule has 1 saturated carbocycles. The van der Waals surface area contributed by atoms with Crippen LogP contribution in [0.15, 0.2) is 23.8 Å². The second-order valence-corrected chi connectivity index (χ2v) is 5.91. The summed E-state index contributed by atoms with van der Waals surface area (Å²) in [5.74, 6) is 1.26. The molecule has 0 unspecified atom stereocenters. The van der Waals surface area contributed by atoms with Crippen molar-refractivity contribution in [3.8, 4) is 0 Å². The summed E-state index contributed by atoms with van der Waals surface area (Å²) in [6.07, 6.45) is 4.13. The molecule has 1 aliphatic rings. The summed E-state index contributed by atoms with van der Waals surface area (Å²) in [5.41, 5.74) is 2.04. The van der Waals surface area contributed by atoms with Gasteiger partial charge >= 0.3 is 0 Å². The Morgan fingerprint density at radius 1 is 1.41 bits per heavy atom. The molecule has 22 heavy (non-hydrogen) atoms. The van der Waals surface area contributed by atoms with Crippen LogP contribution in [0.3, 0.4) is 0 Å². The third kappa shape index (κ3) is 4.47. The summed E-state index contributed by atoms with van der Waals surface area (Å²) in [7, 11) is 0. The van der Waals surface area contributed by atoms with Gasteiger partial charge in [0, 0.05) is 19.3 Å². The number of hydrogen-bond acceptors (Lipinski definition) is 7. The highest BCUT2D eigenvalue weighted by Crippen LogP contribution is 2.28. The van der Waals surface area contributed by atoms with Gasteiger partial charge < -0.3 is 10.1 Å². The molecule has 0 aromatic carbocycles. The predicted octanol–water partition coefficient (Wildman–Crippen LogP) is 2.02. The molecule has 2 N–H and O–H groups in total. The number of carbonyl (C=O) groups excluding carboxylic acids is 1. The molecule has 7 nitrogen and oxygen atoms in total. The van der Waals surface area contributed by atoms with Crippen molar-refractivity contribution in [2.24, 2.45) is 5.92 Å². The smallest absolute Gasteiger partial charge is 0.259 e. The molecule has 116 valence electrons. The normalized spacial score (nSPS) is 13.8. The fraction of sp³-hybridized carbons (Fsp3) is 0.429. The van der Waals surface area contributed by atoms with Crippen LogP contribution in [0.5, 0.6) is 0 Å². The van der Waals surface area contributed by atoms with Crippen LogP contribution in [-0.2, 0) is 4.74 Å². The molecule has 0 spiro atoms. The zero-order valence-electron chi connectivity index (χ0n) is 12.0. The van der Waals surface area contributed by atoms with Crippen LogP contribution in [-0.4, -0.2) is 40.8 Å². The first kappa shape index (κ1) is 14.9. The Hall–Kier alpha value is -2.06. The zero-order chi connectivity index (χ0) is 15.2. The minimum atomic E-state index is -0.247. The third-order valence-electron chi connectivity index (χ3n) is 3.21. The number of nitrogens with one attached hydrogen (secondary N) is 2. The molecule has 1 amide bonds. The van der Waals surface area contributed by atoms with Gasteiger partial charge in [-0.05, 0) is 30.9 Å².